The molecule has 2 saturated carbocycles. The summed E-state index contributed by atoms with van der Waals surface area (Å²) in [6, 6.07) is 0. The number of rotatable bonds is 17. The maximum absolute atomic E-state index is 11.2. The van der Waals surface area contributed by atoms with E-state index in [0.717, 1.165) is 71.0 Å². The Balaban J connectivity index is 1.96. The summed E-state index contributed by atoms with van der Waals surface area (Å²) in [6.07, 6.45) is 20.5. The molecule has 0 saturated heterocycles. The van der Waals surface area contributed by atoms with Crippen molar-refractivity contribution < 1.29 is 14.0 Å². The van der Waals surface area contributed by atoms with Crippen LogP contribution < -0.4 is 0 Å². The normalized spacial score (nSPS) is 26.7. The molecule has 4 atom stereocenters. The van der Waals surface area contributed by atoms with Crippen molar-refractivity contribution >= 4 is 16.6 Å². The van der Waals surface area contributed by atoms with Gasteiger partial charge in [0.05, 0.1) is 19.3 Å². The van der Waals surface area contributed by atoms with Crippen LogP contribution in [0.5, 0.6) is 0 Å². The Morgan fingerprint density at radius 1 is 0.761 bits per heavy atom. The van der Waals surface area contributed by atoms with E-state index in [0.29, 0.717) is 5.92 Å². The van der Waals surface area contributed by atoms with Crippen LogP contribution in [-0.2, 0) is 8.85 Å². The van der Waals surface area contributed by atoms with Crippen LogP contribution in [0.25, 0.3) is 0 Å². The molecule has 46 heavy (non-hydrogen) atoms. The van der Waals surface area contributed by atoms with Crippen molar-refractivity contribution in [1.82, 2.24) is 0 Å². The number of allylic oxidation sites excluding steroid dienone is 6. The highest BCUT2D eigenvalue weighted by atomic mass is 28.4. The predicted molar refractivity (Wildman–Crippen MR) is 208 cm³/mol. The molecular weight excluding hydrogens is 597 g/mol. The first-order valence-electron chi connectivity index (χ1n) is 18.6. The van der Waals surface area contributed by atoms with E-state index in [1.54, 1.807) is 0 Å². The Morgan fingerprint density at radius 2 is 1.33 bits per heavy atom. The van der Waals surface area contributed by atoms with Crippen LogP contribution in [-0.4, -0.2) is 41.1 Å². The van der Waals surface area contributed by atoms with Crippen molar-refractivity contribution in [3.8, 4) is 0 Å². The third-order valence-electron chi connectivity index (χ3n) is 12.8. The zero-order chi connectivity index (χ0) is 35.2. The molecule has 0 aromatic heterocycles. The lowest BCUT2D eigenvalue weighted by Crippen LogP contribution is -2.41. The average Bonchev–Trinajstić information content (AvgIpc) is 3.56. The molecule has 0 radical (unpaired) electrons. The van der Waals surface area contributed by atoms with E-state index in [9.17, 15) is 5.11 Å². The summed E-state index contributed by atoms with van der Waals surface area (Å²) in [5.41, 5.74) is 6.13. The quantitative estimate of drug-likeness (QED) is 0.123. The highest BCUT2D eigenvalue weighted by molar-refractivity contribution is 6.74. The summed E-state index contributed by atoms with van der Waals surface area (Å²) in [6.45, 7) is 36.2. The van der Waals surface area contributed by atoms with Crippen LogP contribution in [0.1, 0.15) is 140 Å². The minimum absolute atomic E-state index is 0.0973. The van der Waals surface area contributed by atoms with Gasteiger partial charge in [0.2, 0.25) is 0 Å². The van der Waals surface area contributed by atoms with Crippen LogP contribution >= 0.6 is 0 Å². The third kappa shape index (κ3) is 11.2. The average molecular weight is 673 g/mol. The Labute approximate surface area is 289 Å². The summed E-state index contributed by atoms with van der Waals surface area (Å²) in [4.78, 5) is 0. The summed E-state index contributed by atoms with van der Waals surface area (Å²) < 4.78 is 13.0. The lowest BCUT2D eigenvalue weighted by molar-refractivity contribution is 0.00284. The molecule has 266 valence electrons. The number of aliphatic hydroxyl groups excluding tert-OH is 1. The first kappa shape index (κ1) is 41.4. The van der Waals surface area contributed by atoms with Gasteiger partial charge in [-0.3, -0.25) is 0 Å². The summed E-state index contributed by atoms with van der Waals surface area (Å²) >= 11 is 0. The molecule has 1 N–H and O–H groups in total. The lowest BCUT2D eigenvalue weighted by atomic mass is 9.68. The Morgan fingerprint density at radius 3 is 1.91 bits per heavy atom. The SMILES string of the molecule is CC(C)=CCC/C(=C/CC/C(C)=C/C[C@H]1CC[C@@H](O)[C@]2(CC/C(C)=C/CO[Si](C)(C)C(C)(C)C)C[C@]12C)CO[Si](C)(C)C(C)(C)C. The van der Waals surface area contributed by atoms with Crippen LogP contribution in [0.4, 0.5) is 0 Å². The Bertz CT molecular complexity index is 1110. The van der Waals surface area contributed by atoms with Gasteiger partial charge in [0.25, 0.3) is 0 Å². The predicted octanol–water partition coefficient (Wildman–Crippen LogP) is 12.7. The Kier molecular flexibility index (Phi) is 14.7. The second-order valence-electron chi connectivity index (χ2n) is 18.7. The fraction of sp³-hybridized carbons (Fsp3) is 0.805. The van der Waals surface area contributed by atoms with Crippen molar-refractivity contribution in [2.75, 3.05) is 13.2 Å². The van der Waals surface area contributed by atoms with Crippen LogP contribution in [0, 0.1) is 16.7 Å². The van der Waals surface area contributed by atoms with Gasteiger partial charge in [0, 0.05) is 5.41 Å². The zero-order valence-electron chi connectivity index (χ0n) is 33.2. The van der Waals surface area contributed by atoms with E-state index < -0.39 is 16.6 Å². The van der Waals surface area contributed by atoms with Gasteiger partial charge in [0.15, 0.2) is 16.6 Å². The second kappa shape index (κ2) is 16.3. The topological polar surface area (TPSA) is 38.7 Å². The van der Waals surface area contributed by atoms with Crippen molar-refractivity contribution in [3.63, 3.8) is 0 Å². The summed E-state index contributed by atoms with van der Waals surface area (Å²) in [7, 11) is -3.49. The van der Waals surface area contributed by atoms with Crippen LogP contribution in [0.3, 0.4) is 0 Å². The molecule has 0 aliphatic heterocycles. The summed E-state index contributed by atoms with van der Waals surface area (Å²) in [5, 5.41) is 11.7. The summed E-state index contributed by atoms with van der Waals surface area (Å²) in [5.74, 6) is 0.671. The number of hydrogen-bond acceptors (Lipinski definition) is 3. The first-order valence-corrected chi connectivity index (χ1v) is 24.4. The molecule has 0 bridgehead atoms. The lowest BCUT2D eigenvalue weighted by Gasteiger charge is -2.39. The van der Waals surface area contributed by atoms with E-state index in [2.05, 4.69) is 127 Å². The highest BCUT2D eigenvalue weighted by Gasteiger charge is 2.71. The number of aliphatic hydroxyl groups is 1. The molecule has 0 aromatic carbocycles. The molecular formula is C41H76O3Si2. The van der Waals surface area contributed by atoms with Crippen LogP contribution in [0.15, 0.2) is 46.6 Å². The molecule has 2 fully saturated rings. The third-order valence-corrected chi connectivity index (χ3v) is 21.8. The number of fused-ring (bicyclic) bond motifs is 1. The maximum Gasteiger partial charge on any atom is 0.192 e. The molecule has 3 nitrogen and oxygen atoms in total. The first-order chi connectivity index (χ1) is 21.0. The fourth-order valence-corrected chi connectivity index (χ4v) is 8.79. The van der Waals surface area contributed by atoms with E-state index in [1.807, 2.05) is 0 Å². The van der Waals surface area contributed by atoms with E-state index in [-0.39, 0.29) is 27.0 Å². The van der Waals surface area contributed by atoms with Crippen molar-refractivity contribution in [3.05, 3.63) is 46.6 Å². The van der Waals surface area contributed by atoms with Gasteiger partial charge in [0.1, 0.15) is 0 Å². The molecule has 2 aliphatic carbocycles. The van der Waals surface area contributed by atoms with Gasteiger partial charge >= 0.3 is 0 Å². The minimum Gasteiger partial charge on any atom is -0.413 e. The van der Waals surface area contributed by atoms with Crippen molar-refractivity contribution in [1.29, 1.82) is 0 Å². The molecule has 0 aromatic rings. The minimum atomic E-state index is -1.77. The van der Waals surface area contributed by atoms with Gasteiger partial charge in [-0.2, -0.15) is 0 Å². The van der Waals surface area contributed by atoms with Gasteiger partial charge in [-0.1, -0.05) is 89.5 Å². The monoisotopic (exact) mass is 673 g/mol. The molecule has 0 unspecified atom stereocenters. The number of hydrogen-bond donors (Lipinski definition) is 1. The molecule has 0 spiro atoms. The van der Waals surface area contributed by atoms with Gasteiger partial charge in [-0.25, -0.2) is 0 Å². The molecule has 0 heterocycles. The largest absolute Gasteiger partial charge is 0.413 e. The van der Waals surface area contributed by atoms with Gasteiger partial charge < -0.3 is 14.0 Å². The van der Waals surface area contributed by atoms with E-state index >= 15 is 0 Å². The highest BCUT2D eigenvalue weighted by Crippen LogP contribution is 2.75. The fourth-order valence-electron chi connectivity index (χ4n) is 6.88. The maximum atomic E-state index is 11.2. The van der Waals surface area contributed by atoms with Crippen molar-refractivity contribution in [2.45, 2.75) is 183 Å². The smallest absolute Gasteiger partial charge is 0.192 e. The van der Waals surface area contributed by atoms with Gasteiger partial charge in [-0.05, 0) is 145 Å². The molecule has 0 amide bonds. The Hall–Kier alpha value is -0.726. The van der Waals surface area contributed by atoms with Crippen LogP contribution in [0.2, 0.25) is 36.3 Å². The zero-order valence-corrected chi connectivity index (χ0v) is 35.2. The standard InChI is InChI=1S/C41H76O3Si2/c1-32(2)18-16-20-35(30-44-46(14,15)39(8,9)10)21-17-19-33(3)22-23-36-24-25-37(42)41(31-40(36,41)11)28-26-34(4)27-29-43-45(12,13)38(5,6)7/h18,21-22,27,36-37,42H,16-17,19-20,23-26,28-31H2,1-15H3/b33-22+,34-27+,35-21-/t36-,37+,40+,41-/m0/s1. The van der Waals surface area contributed by atoms with Crippen molar-refractivity contribution in [2.24, 2.45) is 16.7 Å². The van der Waals surface area contributed by atoms with Gasteiger partial charge in [-0.15, -0.1) is 0 Å². The molecule has 2 aliphatic rings. The van der Waals surface area contributed by atoms with E-state index in [4.69, 9.17) is 8.85 Å². The second-order valence-corrected chi connectivity index (χ2v) is 28.3. The van der Waals surface area contributed by atoms with E-state index in [1.165, 1.54) is 28.7 Å². The molecule has 5 heteroatoms. The molecule has 2 rings (SSSR count).